The van der Waals surface area contributed by atoms with Gasteiger partial charge >= 0.3 is 5.97 Å². The summed E-state index contributed by atoms with van der Waals surface area (Å²) in [5, 5.41) is 15.9. The summed E-state index contributed by atoms with van der Waals surface area (Å²) in [6.07, 6.45) is 1.69. The number of para-hydroxylation sites is 1. The summed E-state index contributed by atoms with van der Waals surface area (Å²) in [6.45, 7) is 0.495. The maximum absolute atomic E-state index is 11.3. The van der Waals surface area contributed by atoms with Crippen LogP contribution in [0.25, 0.3) is 10.9 Å². The molecule has 3 N–H and O–H groups in total. The van der Waals surface area contributed by atoms with Gasteiger partial charge in [0, 0.05) is 24.5 Å². The molecule has 1 aromatic heterocycles. The van der Waals surface area contributed by atoms with Gasteiger partial charge in [-0.15, -0.1) is 0 Å². The first kappa shape index (κ1) is 12.4. The molecule has 1 fully saturated rings. The Morgan fingerprint density at radius 2 is 2.20 bits per heavy atom. The number of rotatable bonds is 3. The van der Waals surface area contributed by atoms with Gasteiger partial charge in [0.1, 0.15) is 5.56 Å². The maximum Gasteiger partial charge on any atom is 0.339 e. The smallest absolute Gasteiger partial charge is 0.339 e. The van der Waals surface area contributed by atoms with E-state index in [0.717, 1.165) is 10.9 Å². The molecule has 1 aliphatic heterocycles. The van der Waals surface area contributed by atoms with Gasteiger partial charge in [-0.2, -0.15) is 0 Å². The second-order valence-electron chi connectivity index (χ2n) is 4.72. The van der Waals surface area contributed by atoms with E-state index in [4.69, 9.17) is 0 Å². The normalized spacial score (nSPS) is 18.0. The number of aromatic nitrogens is 1. The van der Waals surface area contributed by atoms with E-state index >= 15 is 0 Å². The Bertz CT molecular complexity index is 699. The number of carboxylic acid groups (broad SMARTS) is 1. The lowest BCUT2D eigenvalue weighted by Gasteiger charge is -2.16. The largest absolute Gasteiger partial charge is 0.478 e. The summed E-state index contributed by atoms with van der Waals surface area (Å²) in [6, 6.07) is 7.22. The van der Waals surface area contributed by atoms with Crippen LogP contribution >= 0.6 is 0 Å². The monoisotopic (exact) mass is 271 g/mol. The molecule has 1 atom stereocenters. The lowest BCUT2D eigenvalue weighted by Crippen LogP contribution is -2.23. The average Bonchev–Trinajstić information content (AvgIpc) is 2.84. The van der Waals surface area contributed by atoms with Crippen LogP contribution in [0.2, 0.25) is 0 Å². The van der Waals surface area contributed by atoms with Crippen molar-refractivity contribution in [2.45, 2.75) is 12.5 Å². The number of hydrogen-bond acceptors (Lipinski definition) is 4. The molecule has 6 nitrogen and oxygen atoms in total. The molecule has 0 aliphatic carbocycles. The fraction of sp³-hybridized carbons (Fsp3) is 0.214. The highest BCUT2D eigenvalue weighted by molar-refractivity contribution is 6.04. The molecule has 1 aliphatic rings. The molecule has 3 rings (SSSR count). The lowest BCUT2D eigenvalue weighted by molar-refractivity contribution is -0.119. The van der Waals surface area contributed by atoms with Gasteiger partial charge in [-0.3, -0.25) is 9.78 Å². The Hall–Kier alpha value is -2.63. The first-order chi connectivity index (χ1) is 9.65. The average molecular weight is 271 g/mol. The number of hydrogen-bond donors (Lipinski definition) is 3. The van der Waals surface area contributed by atoms with E-state index in [1.54, 1.807) is 0 Å². The molecule has 0 bridgehead atoms. The molecule has 1 aromatic carbocycles. The van der Waals surface area contributed by atoms with Crippen molar-refractivity contribution in [2.24, 2.45) is 0 Å². The third-order valence-electron chi connectivity index (χ3n) is 3.33. The second-order valence-corrected chi connectivity index (χ2v) is 4.72. The van der Waals surface area contributed by atoms with E-state index in [0.29, 0.717) is 18.7 Å². The minimum absolute atomic E-state index is 0.0299. The van der Waals surface area contributed by atoms with Gasteiger partial charge in [0.25, 0.3) is 0 Å². The summed E-state index contributed by atoms with van der Waals surface area (Å²) in [7, 11) is 0. The standard InChI is InChI=1S/C14H13N3O3/c18-12-5-8(6-16-12)17-13-9-3-1-2-4-11(9)15-7-10(13)14(19)20/h1-4,7-8H,5-6H2,(H,15,17)(H,16,18)(H,19,20). The second kappa shape index (κ2) is 4.80. The summed E-state index contributed by atoms with van der Waals surface area (Å²) >= 11 is 0. The number of pyridine rings is 1. The van der Waals surface area contributed by atoms with Crippen molar-refractivity contribution in [3.05, 3.63) is 36.0 Å². The molecule has 2 heterocycles. The molecule has 1 unspecified atom stereocenters. The Labute approximate surface area is 114 Å². The van der Waals surface area contributed by atoms with E-state index in [2.05, 4.69) is 15.6 Å². The zero-order chi connectivity index (χ0) is 14.1. The molecule has 0 radical (unpaired) electrons. The van der Waals surface area contributed by atoms with Crippen LogP contribution in [0, 0.1) is 0 Å². The first-order valence-electron chi connectivity index (χ1n) is 6.29. The molecule has 102 valence electrons. The van der Waals surface area contributed by atoms with Crippen LogP contribution in [-0.4, -0.2) is 34.6 Å². The Balaban J connectivity index is 2.07. The summed E-state index contributed by atoms with van der Waals surface area (Å²) in [5.41, 5.74) is 1.35. The molecule has 2 aromatic rings. The number of benzene rings is 1. The molecular formula is C14H13N3O3. The Morgan fingerprint density at radius 1 is 1.40 bits per heavy atom. The maximum atomic E-state index is 11.3. The van der Waals surface area contributed by atoms with Crippen molar-refractivity contribution < 1.29 is 14.7 Å². The SMILES string of the molecule is O=C1CC(Nc2c(C(=O)O)cnc3ccccc23)CN1. The van der Waals surface area contributed by atoms with Crippen molar-refractivity contribution in [3.8, 4) is 0 Å². The molecule has 0 spiro atoms. The third kappa shape index (κ3) is 2.16. The van der Waals surface area contributed by atoms with Gasteiger partial charge in [0.2, 0.25) is 5.91 Å². The number of carboxylic acids is 1. The van der Waals surface area contributed by atoms with Gasteiger partial charge in [-0.05, 0) is 6.07 Å². The number of carbonyl (C=O) groups excluding carboxylic acids is 1. The van der Waals surface area contributed by atoms with Crippen molar-refractivity contribution in [2.75, 3.05) is 11.9 Å². The predicted octanol–water partition coefficient (Wildman–Crippen LogP) is 1.23. The lowest BCUT2D eigenvalue weighted by atomic mass is 10.1. The van der Waals surface area contributed by atoms with E-state index in [1.807, 2.05) is 24.3 Å². The van der Waals surface area contributed by atoms with Crippen molar-refractivity contribution >= 4 is 28.5 Å². The highest BCUT2D eigenvalue weighted by atomic mass is 16.4. The summed E-state index contributed by atoms with van der Waals surface area (Å²) in [4.78, 5) is 26.7. The van der Waals surface area contributed by atoms with Crippen LogP contribution in [0.15, 0.2) is 30.5 Å². The molecule has 1 saturated heterocycles. The van der Waals surface area contributed by atoms with Crippen LogP contribution in [0.1, 0.15) is 16.8 Å². The van der Waals surface area contributed by atoms with E-state index in [1.165, 1.54) is 6.20 Å². The fourth-order valence-corrected chi connectivity index (χ4v) is 2.37. The van der Waals surface area contributed by atoms with Crippen molar-refractivity contribution in [1.29, 1.82) is 0 Å². The number of nitrogens with one attached hydrogen (secondary N) is 2. The number of nitrogens with zero attached hydrogens (tertiary/aromatic N) is 1. The van der Waals surface area contributed by atoms with Crippen molar-refractivity contribution in [1.82, 2.24) is 10.3 Å². The zero-order valence-electron chi connectivity index (χ0n) is 10.6. The van der Waals surface area contributed by atoms with Gasteiger partial charge in [0.05, 0.1) is 17.2 Å². The van der Waals surface area contributed by atoms with Crippen LogP contribution < -0.4 is 10.6 Å². The van der Waals surface area contributed by atoms with Crippen molar-refractivity contribution in [3.63, 3.8) is 0 Å². The van der Waals surface area contributed by atoms with Crippen LogP contribution in [-0.2, 0) is 4.79 Å². The first-order valence-corrected chi connectivity index (χ1v) is 6.29. The minimum atomic E-state index is -1.04. The van der Waals surface area contributed by atoms with E-state index in [-0.39, 0.29) is 17.5 Å². The molecule has 0 saturated carbocycles. The fourth-order valence-electron chi connectivity index (χ4n) is 2.37. The van der Waals surface area contributed by atoms with E-state index in [9.17, 15) is 14.7 Å². The number of aromatic carboxylic acids is 1. The number of carbonyl (C=O) groups is 2. The highest BCUT2D eigenvalue weighted by Crippen LogP contribution is 2.27. The molecular weight excluding hydrogens is 258 g/mol. The van der Waals surface area contributed by atoms with E-state index < -0.39 is 5.97 Å². The third-order valence-corrected chi connectivity index (χ3v) is 3.33. The number of fused-ring (bicyclic) bond motifs is 1. The van der Waals surface area contributed by atoms with Crippen LogP contribution in [0.5, 0.6) is 0 Å². The number of anilines is 1. The highest BCUT2D eigenvalue weighted by Gasteiger charge is 2.24. The summed E-state index contributed by atoms with van der Waals surface area (Å²) < 4.78 is 0. The topological polar surface area (TPSA) is 91.3 Å². The molecule has 1 amide bonds. The van der Waals surface area contributed by atoms with Crippen LogP contribution in [0.4, 0.5) is 5.69 Å². The number of amides is 1. The minimum Gasteiger partial charge on any atom is -0.478 e. The quantitative estimate of drug-likeness (QED) is 0.781. The Kier molecular flexibility index (Phi) is 2.98. The summed E-state index contributed by atoms with van der Waals surface area (Å²) in [5.74, 6) is -1.07. The predicted molar refractivity (Wildman–Crippen MR) is 73.7 cm³/mol. The molecule has 20 heavy (non-hydrogen) atoms. The van der Waals surface area contributed by atoms with Gasteiger partial charge in [-0.1, -0.05) is 18.2 Å². The van der Waals surface area contributed by atoms with Gasteiger partial charge in [-0.25, -0.2) is 4.79 Å². The van der Waals surface area contributed by atoms with Gasteiger partial charge in [0.15, 0.2) is 0 Å². The Morgan fingerprint density at radius 3 is 2.90 bits per heavy atom. The molecule has 6 heteroatoms. The van der Waals surface area contributed by atoms with Crippen LogP contribution in [0.3, 0.4) is 0 Å². The zero-order valence-corrected chi connectivity index (χ0v) is 10.6. The van der Waals surface area contributed by atoms with Gasteiger partial charge < -0.3 is 15.7 Å².